The van der Waals surface area contributed by atoms with Gasteiger partial charge in [0.05, 0.1) is 25.8 Å². The van der Waals surface area contributed by atoms with Crippen molar-refractivity contribution in [1.82, 2.24) is 4.98 Å². The molecule has 0 aliphatic carbocycles. The Balaban J connectivity index is 1.88. The summed E-state index contributed by atoms with van der Waals surface area (Å²) in [5.41, 5.74) is 0.841. The number of rotatable bonds is 8. The van der Waals surface area contributed by atoms with Crippen LogP contribution in [0.15, 0.2) is 85.1 Å². The van der Waals surface area contributed by atoms with E-state index < -0.39 is 17.7 Å². The second kappa shape index (κ2) is 10.1. The Labute approximate surface area is 202 Å². The molecule has 178 valence electrons. The van der Waals surface area contributed by atoms with Gasteiger partial charge in [-0.1, -0.05) is 24.8 Å². The zero-order valence-electron chi connectivity index (χ0n) is 19.3. The van der Waals surface area contributed by atoms with Crippen molar-refractivity contribution in [3.8, 4) is 17.2 Å². The first-order chi connectivity index (χ1) is 17.0. The number of carbonyl (C=O) groups is 2. The van der Waals surface area contributed by atoms with Gasteiger partial charge in [0.15, 0.2) is 11.5 Å². The number of pyridine rings is 1. The highest BCUT2D eigenvalue weighted by Gasteiger charge is 2.47. The van der Waals surface area contributed by atoms with Gasteiger partial charge in [0.2, 0.25) is 0 Å². The fourth-order valence-corrected chi connectivity index (χ4v) is 3.92. The van der Waals surface area contributed by atoms with E-state index in [1.807, 2.05) is 0 Å². The fraction of sp³-hybridized carbons (Fsp3) is 0.148. The first-order valence-corrected chi connectivity index (χ1v) is 10.8. The fourth-order valence-electron chi connectivity index (χ4n) is 3.92. The number of carbonyl (C=O) groups excluding carboxylic acids is 2. The molecule has 1 aromatic heterocycles. The number of ketones is 1. The van der Waals surface area contributed by atoms with Crippen LogP contribution in [0.5, 0.6) is 17.2 Å². The maximum absolute atomic E-state index is 13.2. The Morgan fingerprint density at radius 3 is 2.43 bits per heavy atom. The van der Waals surface area contributed by atoms with E-state index in [0.717, 1.165) is 0 Å². The number of aliphatic hydroxyl groups excluding tert-OH is 1. The first-order valence-electron chi connectivity index (χ1n) is 10.8. The van der Waals surface area contributed by atoms with E-state index in [1.165, 1.54) is 25.3 Å². The maximum Gasteiger partial charge on any atom is 0.301 e. The number of hydrogen-bond donors (Lipinski definition) is 1. The maximum atomic E-state index is 13.2. The summed E-state index contributed by atoms with van der Waals surface area (Å²) in [5.74, 6) is -0.164. The molecule has 1 aliphatic heterocycles. The molecule has 3 aromatic rings. The molecule has 1 amide bonds. The van der Waals surface area contributed by atoms with Crippen LogP contribution in [0.1, 0.15) is 17.2 Å². The van der Waals surface area contributed by atoms with Crippen molar-refractivity contribution in [2.24, 2.45) is 0 Å². The highest BCUT2D eigenvalue weighted by molar-refractivity contribution is 6.51. The van der Waals surface area contributed by atoms with E-state index in [9.17, 15) is 14.7 Å². The van der Waals surface area contributed by atoms with Crippen LogP contribution < -0.4 is 19.1 Å². The predicted octanol–water partition coefficient (Wildman–Crippen LogP) is 4.29. The number of anilines is 1. The van der Waals surface area contributed by atoms with Gasteiger partial charge >= 0.3 is 5.91 Å². The molecule has 1 aliphatic rings. The lowest BCUT2D eigenvalue weighted by Gasteiger charge is -2.25. The van der Waals surface area contributed by atoms with E-state index in [0.29, 0.717) is 35.0 Å². The molecule has 2 aromatic carbocycles. The summed E-state index contributed by atoms with van der Waals surface area (Å²) < 4.78 is 16.2. The van der Waals surface area contributed by atoms with E-state index >= 15 is 0 Å². The van der Waals surface area contributed by atoms with Gasteiger partial charge in [-0.3, -0.25) is 14.5 Å². The number of benzene rings is 2. The molecule has 8 nitrogen and oxygen atoms in total. The molecule has 1 saturated heterocycles. The van der Waals surface area contributed by atoms with Crippen molar-refractivity contribution in [2.45, 2.75) is 6.04 Å². The second-order valence-electron chi connectivity index (χ2n) is 7.60. The predicted molar refractivity (Wildman–Crippen MR) is 131 cm³/mol. The monoisotopic (exact) mass is 472 g/mol. The van der Waals surface area contributed by atoms with Crippen LogP contribution in [-0.2, 0) is 9.59 Å². The molecule has 1 N–H and O–H groups in total. The zero-order chi connectivity index (χ0) is 24.9. The van der Waals surface area contributed by atoms with Crippen molar-refractivity contribution in [3.63, 3.8) is 0 Å². The molecule has 0 bridgehead atoms. The number of amides is 1. The Morgan fingerprint density at radius 1 is 1.06 bits per heavy atom. The molecule has 0 saturated carbocycles. The lowest BCUT2D eigenvalue weighted by Crippen LogP contribution is -2.30. The molecule has 4 rings (SSSR count). The Hall–Kier alpha value is -4.59. The molecule has 2 heterocycles. The van der Waals surface area contributed by atoms with Gasteiger partial charge in [-0.15, -0.1) is 0 Å². The summed E-state index contributed by atoms with van der Waals surface area (Å²) in [6.45, 7) is 3.95. The number of hydrogen-bond acceptors (Lipinski definition) is 7. The molecule has 8 heteroatoms. The zero-order valence-corrected chi connectivity index (χ0v) is 19.3. The third kappa shape index (κ3) is 4.46. The van der Waals surface area contributed by atoms with Crippen LogP contribution in [0.25, 0.3) is 5.76 Å². The number of aromatic nitrogens is 1. The van der Waals surface area contributed by atoms with E-state index in [1.54, 1.807) is 66.7 Å². The van der Waals surface area contributed by atoms with Gasteiger partial charge in [0.25, 0.3) is 5.78 Å². The smallest absolute Gasteiger partial charge is 0.301 e. The molecule has 1 fully saturated rings. The first kappa shape index (κ1) is 23.6. The van der Waals surface area contributed by atoms with Crippen molar-refractivity contribution in [3.05, 3.63) is 96.2 Å². The molecule has 0 unspecified atom stereocenters. The van der Waals surface area contributed by atoms with Crippen LogP contribution in [-0.4, -0.2) is 42.6 Å². The van der Waals surface area contributed by atoms with Gasteiger partial charge in [0.1, 0.15) is 23.9 Å². The summed E-state index contributed by atoms with van der Waals surface area (Å²) in [4.78, 5) is 32.0. The minimum Gasteiger partial charge on any atom is -0.507 e. The second-order valence-corrected chi connectivity index (χ2v) is 7.60. The highest BCUT2D eigenvalue weighted by atomic mass is 16.5. The molecule has 0 radical (unpaired) electrons. The molecular formula is C27H24N2O6. The summed E-state index contributed by atoms with van der Waals surface area (Å²) in [6.07, 6.45) is 3.15. The third-order valence-electron chi connectivity index (χ3n) is 5.56. The summed E-state index contributed by atoms with van der Waals surface area (Å²) >= 11 is 0. The van der Waals surface area contributed by atoms with Crippen LogP contribution in [0.3, 0.4) is 0 Å². The minimum atomic E-state index is -0.943. The normalized spacial score (nSPS) is 16.7. The van der Waals surface area contributed by atoms with E-state index in [4.69, 9.17) is 14.2 Å². The number of ether oxygens (including phenoxy) is 3. The lowest BCUT2D eigenvalue weighted by atomic mass is 9.95. The third-order valence-corrected chi connectivity index (χ3v) is 5.56. The van der Waals surface area contributed by atoms with Crippen LogP contribution in [0.2, 0.25) is 0 Å². The van der Waals surface area contributed by atoms with Crippen LogP contribution >= 0.6 is 0 Å². The number of methoxy groups -OCH3 is 2. The highest BCUT2D eigenvalue weighted by Crippen LogP contribution is 2.43. The average molecular weight is 472 g/mol. The largest absolute Gasteiger partial charge is 0.507 e. The Morgan fingerprint density at radius 2 is 1.80 bits per heavy atom. The lowest BCUT2D eigenvalue weighted by molar-refractivity contribution is -0.132. The summed E-state index contributed by atoms with van der Waals surface area (Å²) in [5, 5.41) is 11.2. The molecular weight excluding hydrogens is 448 g/mol. The Bertz CT molecular complexity index is 1280. The van der Waals surface area contributed by atoms with E-state index in [2.05, 4.69) is 11.6 Å². The van der Waals surface area contributed by atoms with Gasteiger partial charge in [0, 0.05) is 11.8 Å². The quantitative estimate of drug-likeness (QED) is 0.226. The summed E-state index contributed by atoms with van der Waals surface area (Å²) in [6, 6.07) is 15.7. The van der Waals surface area contributed by atoms with Crippen molar-refractivity contribution >= 4 is 23.3 Å². The number of nitrogens with zero attached hydrogens (tertiary/aromatic N) is 2. The number of aliphatic hydroxyl groups is 1. The molecule has 35 heavy (non-hydrogen) atoms. The SMILES string of the molecule is C=CCOc1ccc(C(O)=C2C(=O)C(=O)N(c3ccccn3)[C@@H]2c2ccc(OC)c(OC)c2)cc1. The van der Waals surface area contributed by atoms with Gasteiger partial charge in [-0.2, -0.15) is 0 Å². The van der Waals surface area contributed by atoms with Crippen molar-refractivity contribution < 1.29 is 28.9 Å². The van der Waals surface area contributed by atoms with Crippen molar-refractivity contribution in [1.29, 1.82) is 0 Å². The number of Topliss-reactive ketones (excluding diaryl/α,β-unsaturated/α-hetero) is 1. The molecule has 1 atom stereocenters. The van der Waals surface area contributed by atoms with E-state index in [-0.39, 0.29) is 17.2 Å². The van der Waals surface area contributed by atoms with Gasteiger partial charge in [-0.05, 0) is 54.1 Å². The summed E-state index contributed by atoms with van der Waals surface area (Å²) in [7, 11) is 3.01. The minimum absolute atomic E-state index is 0.0624. The standard InChI is InChI=1S/C27H24N2O6/c1-4-15-35-19-11-8-17(9-12-19)25(30)23-24(18-10-13-20(33-2)21(16-18)34-3)29(27(32)26(23)31)22-7-5-6-14-28-22/h4-14,16,24,30H,1,15H2,2-3H3/t24-/m1/s1. The van der Waals surface area contributed by atoms with Crippen LogP contribution in [0, 0.1) is 0 Å². The average Bonchev–Trinajstić information content (AvgIpc) is 3.17. The van der Waals surface area contributed by atoms with Crippen molar-refractivity contribution in [2.75, 3.05) is 25.7 Å². The topological polar surface area (TPSA) is 98.2 Å². The molecule has 0 spiro atoms. The van der Waals surface area contributed by atoms with Gasteiger partial charge in [-0.25, -0.2) is 4.98 Å². The van der Waals surface area contributed by atoms with Crippen LogP contribution in [0.4, 0.5) is 5.82 Å². The Kier molecular flexibility index (Phi) is 6.82. The van der Waals surface area contributed by atoms with Gasteiger partial charge < -0.3 is 19.3 Å².